The maximum absolute atomic E-state index is 8.72. The molecule has 2 aromatic rings. The lowest BCUT2D eigenvalue weighted by molar-refractivity contribution is 0.174. The van der Waals surface area contributed by atoms with Crippen molar-refractivity contribution in [1.82, 2.24) is 25.5 Å². The van der Waals surface area contributed by atoms with Gasteiger partial charge < -0.3 is 9.47 Å². The van der Waals surface area contributed by atoms with Crippen LogP contribution in [0.1, 0.15) is 0 Å². The normalized spacial score (nSPS) is 13.0. The highest BCUT2D eigenvalue weighted by Crippen LogP contribution is 2.39. The van der Waals surface area contributed by atoms with Crippen LogP contribution in [0.2, 0.25) is 0 Å². The first-order valence-corrected chi connectivity index (χ1v) is 6.99. The number of hydrogen-bond donors (Lipinski definition) is 1. The van der Waals surface area contributed by atoms with Crippen molar-refractivity contribution in [2.75, 3.05) is 13.0 Å². The van der Waals surface area contributed by atoms with E-state index < -0.39 is 0 Å². The molecule has 0 saturated heterocycles. The molecule has 0 amide bonds. The van der Waals surface area contributed by atoms with E-state index in [1.54, 1.807) is 12.1 Å². The molecule has 21 heavy (non-hydrogen) atoms. The summed E-state index contributed by atoms with van der Waals surface area (Å²) >= 11 is 1.31. The van der Waals surface area contributed by atoms with Gasteiger partial charge in [0.25, 0.3) is 0 Å². The molecule has 1 aliphatic heterocycles. The Morgan fingerprint density at radius 3 is 2.95 bits per heavy atom. The molecule has 0 atom stereocenters. The number of benzene rings is 1. The molecule has 10 heteroatoms. The van der Waals surface area contributed by atoms with E-state index in [0.29, 0.717) is 28.0 Å². The molecule has 0 radical (unpaired) electrons. The molecule has 106 valence electrons. The highest BCUT2D eigenvalue weighted by molar-refractivity contribution is 8.13. The third-order valence-electron chi connectivity index (χ3n) is 2.64. The van der Waals surface area contributed by atoms with Crippen LogP contribution in [0.15, 0.2) is 23.5 Å². The van der Waals surface area contributed by atoms with Crippen molar-refractivity contribution in [1.29, 1.82) is 5.26 Å². The number of thioether (sulfide) groups is 1. The highest BCUT2D eigenvalue weighted by Gasteiger charge is 2.19. The molecule has 0 spiro atoms. The Labute approximate surface area is 123 Å². The number of nitrogens with one attached hydrogen (secondary N) is 1. The number of tetrazole rings is 1. The number of nitriles is 1. The second-order valence-corrected chi connectivity index (χ2v) is 4.60. The van der Waals surface area contributed by atoms with Gasteiger partial charge in [-0.15, -0.1) is 5.10 Å². The van der Waals surface area contributed by atoms with Gasteiger partial charge in [-0.25, -0.2) is 4.99 Å². The van der Waals surface area contributed by atoms with Crippen LogP contribution in [0.25, 0.3) is 5.69 Å². The maximum Gasteiger partial charge on any atom is 0.231 e. The first-order valence-electron chi connectivity index (χ1n) is 5.76. The summed E-state index contributed by atoms with van der Waals surface area (Å²) in [5.74, 6) is 1.18. The fraction of sp³-hybridized carbons (Fsp3) is 0.182. The van der Waals surface area contributed by atoms with E-state index in [1.165, 1.54) is 22.8 Å². The lowest BCUT2D eigenvalue weighted by Gasteiger charge is -2.07. The summed E-state index contributed by atoms with van der Waals surface area (Å²) in [5.41, 5.74) is 1.18. The van der Waals surface area contributed by atoms with Crippen LogP contribution in [0, 0.1) is 11.5 Å². The highest BCUT2D eigenvalue weighted by atomic mass is 32.2. The molecule has 9 nitrogen and oxygen atoms in total. The number of rotatable bonds is 2. The predicted molar refractivity (Wildman–Crippen MR) is 74.6 cm³/mol. The zero-order chi connectivity index (χ0) is 14.7. The molecule has 1 aliphatic rings. The summed E-state index contributed by atoms with van der Waals surface area (Å²) in [6.45, 7) is 0.156. The zero-order valence-electron chi connectivity index (χ0n) is 10.8. The third-order valence-corrected chi connectivity index (χ3v) is 3.22. The summed E-state index contributed by atoms with van der Waals surface area (Å²) in [6.07, 6.45) is 5.10. The van der Waals surface area contributed by atoms with Gasteiger partial charge in [0.05, 0.1) is 11.4 Å². The minimum Gasteiger partial charge on any atom is -0.454 e. The summed E-state index contributed by atoms with van der Waals surface area (Å²) < 4.78 is 12.2. The van der Waals surface area contributed by atoms with E-state index in [4.69, 9.17) is 14.7 Å². The quantitative estimate of drug-likeness (QED) is 0.375. The van der Waals surface area contributed by atoms with Crippen molar-refractivity contribution < 1.29 is 9.47 Å². The van der Waals surface area contributed by atoms with Crippen molar-refractivity contribution >= 4 is 22.6 Å². The van der Waals surface area contributed by atoms with E-state index >= 15 is 0 Å². The molecule has 2 heterocycles. The number of nitrogens with zero attached hydrogens (tertiary/aromatic N) is 6. The average Bonchev–Trinajstić information content (AvgIpc) is 3.16. The third kappa shape index (κ3) is 2.59. The molecule has 0 unspecified atom stereocenters. The Bertz CT molecular complexity index is 723. The van der Waals surface area contributed by atoms with Crippen molar-refractivity contribution in [3.05, 3.63) is 18.5 Å². The van der Waals surface area contributed by atoms with Gasteiger partial charge in [0, 0.05) is 12.1 Å². The molecular weight excluding hydrogens is 294 g/mol. The minimum atomic E-state index is 0.156. The Morgan fingerprint density at radius 1 is 1.48 bits per heavy atom. The molecule has 1 aromatic heterocycles. The van der Waals surface area contributed by atoms with E-state index in [0.717, 1.165) is 0 Å². The molecule has 1 aromatic carbocycles. The molecular formula is C11H9N7O2S. The van der Waals surface area contributed by atoms with Crippen molar-refractivity contribution in [2.24, 2.45) is 4.99 Å². The van der Waals surface area contributed by atoms with E-state index in [2.05, 4.69) is 25.8 Å². The average molecular weight is 303 g/mol. The molecule has 3 rings (SSSR count). The Kier molecular flexibility index (Phi) is 3.57. The summed E-state index contributed by atoms with van der Waals surface area (Å²) in [6, 6.07) is 3.45. The van der Waals surface area contributed by atoms with Crippen LogP contribution in [0.4, 0.5) is 5.69 Å². The van der Waals surface area contributed by atoms with Crippen LogP contribution >= 0.6 is 11.8 Å². The summed E-state index contributed by atoms with van der Waals surface area (Å²) in [7, 11) is 0. The van der Waals surface area contributed by atoms with Gasteiger partial charge in [-0.3, -0.25) is 5.32 Å². The first-order chi connectivity index (χ1) is 10.3. The lowest BCUT2D eigenvalue weighted by atomic mass is 10.2. The van der Waals surface area contributed by atoms with Crippen LogP contribution in [0.3, 0.4) is 0 Å². The number of hydrogen-bond acceptors (Lipinski definition) is 8. The fourth-order valence-electron chi connectivity index (χ4n) is 1.75. The predicted octanol–water partition coefficient (Wildman–Crippen LogP) is 0.812. The Morgan fingerprint density at radius 2 is 2.29 bits per heavy atom. The molecule has 0 aliphatic carbocycles. The summed E-state index contributed by atoms with van der Waals surface area (Å²) in [4.78, 5) is 4.39. The van der Waals surface area contributed by atoms with Gasteiger partial charge in [-0.1, -0.05) is 11.8 Å². The van der Waals surface area contributed by atoms with E-state index in [9.17, 15) is 0 Å². The number of aliphatic imine (C=N–C) groups is 1. The van der Waals surface area contributed by atoms with Crippen LogP contribution in [0.5, 0.6) is 11.5 Å². The number of aromatic nitrogens is 4. The first kappa shape index (κ1) is 13.2. The van der Waals surface area contributed by atoms with Gasteiger partial charge in [-0.2, -0.15) is 9.94 Å². The number of amidine groups is 1. The Hall–Kier alpha value is -2.80. The van der Waals surface area contributed by atoms with Gasteiger partial charge >= 0.3 is 0 Å². The largest absolute Gasteiger partial charge is 0.454 e. The molecule has 0 fully saturated rings. The van der Waals surface area contributed by atoms with Crippen LogP contribution in [-0.4, -0.2) is 38.4 Å². The van der Waals surface area contributed by atoms with Crippen LogP contribution in [-0.2, 0) is 0 Å². The summed E-state index contributed by atoms with van der Waals surface area (Å²) in [5, 5.41) is 22.7. The van der Waals surface area contributed by atoms with Gasteiger partial charge in [0.2, 0.25) is 6.79 Å². The minimum absolute atomic E-state index is 0.156. The molecule has 0 saturated carbocycles. The van der Waals surface area contributed by atoms with E-state index in [-0.39, 0.29) is 6.79 Å². The maximum atomic E-state index is 8.72. The number of fused-ring (bicyclic) bond motifs is 1. The second kappa shape index (κ2) is 5.68. The van der Waals surface area contributed by atoms with Crippen molar-refractivity contribution in [3.8, 4) is 23.4 Å². The SMILES string of the molecule is CSC(=Nc1cc2c(cc1-n1cnnn1)OCO2)NC#N. The fourth-order valence-corrected chi connectivity index (χ4v) is 2.08. The van der Waals surface area contributed by atoms with Crippen LogP contribution < -0.4 is 14.8 Å². The van der Waals surface area contributed by atoms with E-state index in [1.807, 2.05) is 12.4 Å². The second-order valence-electron chi connectivity index (χ2n) is 3.81. The van der Waals surface area contributed by atoms with Gasteiger partial charge in [0.1, 0.15) is 6.33 Å². The smallest absolute Gasteiger partial charge is 0.231 e. The molecule has 0 bridgehead atoms. The Balaban J connectivity index is 2.12. The standard InChI is InChI=1S/C11H9N7O2S/c1-21-11(13-4-12)15-7-2-9-10(20-6-19-9)3-8(7)18-5-14-16-17-18/h2-3,5H,6H2,1H3,(H,13,15). The zero-order valence-corrected chi connectivity index (χ0v) is 11.7. The lowest BCUT2D eigenvalue weighted by Crippen LogP contribution is -2.12. The topological polar surface area (TPSA) is 110 Å². The van der Waals surface area contributed by atoms with Gasteiger partial charge in [-0.05, 0) is 16.7 Å². The number of ether oxygens (including phenoxy) is 2. The van der Waals surface area contributed by atoms with Crippen molar-refractivity contribution in [2.45, 2.75) is 0 Å². The molecule has 1 N–H and O–H groups in total. The van der Waals surface area contributed by atoms with Crippen molar-refractivity contribution in [3.63, 3.8) is 0 Å². The van der Waals surface area contributed by atoms with Gasteiger partial charge in [0.15, 0.2) is 22.9 Å². The monoisotopic (exact) mass is 303 g/mol.